The molecule has 0 aliphatic heterocycles. The number of pyridine rings is 1. The average Bonchev–Trinajstić information content (AvgIpc) is 2.41. The first kappa shape index (κ1) is 15.6. The number of hydrogen-bond donors (Lipinski definition) is 0. The van der Waals surface area contributed by atoms with Crippen molar-refractivity contribution in [1.82, 2.24) is 4.98 Å². The van der Waals surface area contributed by atoms with E-state index in [0.717, 1.165) is 6.07 Å². The van der Waals surface area contributed by atoms with E-state index >= 15 is 0 Å². The van der Waals surface area contributed by atoms with Crippen molar-refractivity contribution < 1.29 is 17.9 Å². The molecule has 0 radical (unpaired) electrons. The Kier molecular flexibility index (Phi) is 4.40. The largest absolute Gasteiger partial charge is 0.436 e. The summed E-state index contributed by atoms with van der Waals surface area (Å²) in [6.07, 6.45) is -4.63. The van der Waals surface area contributed by atoms with Crippen LogP contribution in [0.25, 0.3) is 0 Å². The van der Waals surface area contributed by atoms with Crippen LogP contribution in [0.3, 0.4) is 0 Å². The molecule has 1 heterocycles. The monoisotopic (exact) mass is 376 g/mol. The minimum atomic E-state index is -4.63. The third-order valence-corrected chi connectivity index (χ3v) is 3.16. The van der Waals surface area contributed by atoms with E-state index in [9.17, 15) is 13.2 Å². The molecule has 0 fully saturated rings. The highest BCUT2D eigenvalue weighted by Crippen LogP contribution is 2.34. The summed E-state index contributed by atoms with van der Waals surface area (Å²) in [6.45, 7) is 0. The number of ether oxygens (including phenoxy) is 1. The first-order valence-corrected chi connectivity index (χ1v) is 6.59. The lowest BCUT2D eigenvalue weighted by Crippen LogP contribution is -2.09. The van der Waals surface area contributed by atoms with Gasteiger partial charge in [0, 0.05) is 4.47 Å². The van der Waals surface area contributed by atoms with Gasteiger partial charge in [0.1, 0.15) is 23.1 Å². The Morgan fingerprint density at radius 1 is 1.24 bits per heavy atom. The maximum absolute atomic E-state index is 12.6. The van der Waals surface area contributed by atoms with Crippen LogP contribution in [0.5, 0.6) is 11.6 Å². The van der Waals surface area contributed by atoms with Crippen molar-refractivity contribution in [2.24, 2.45) is 0 Å². The number of nitriles is 1. The van der Waals surface area contributed by atoms with Crippen LogP contribution in [0, 0.1) is 11.3 Å². The molecule has 0 saturated heterocycles. The summed E-state index contributed by atoms with van der Waals surface area (Å²) in [4.78, 5) is 3.33. The highest BCUT2D eigenvalue weighted by atomic mass is 79.9. The minimum absolute atomic E-state index is 0.100. The number of alkyl halides is 3. The summed E-state index contributed by atoms with van der Waals surface area (Å²) in [5, 5.41) is 9.09. The van der Waals surface area contributed by atoms with Gasteiger partial charge in [-0.25, -0.2) is 4.98 Å². The molecule has 0 aliphatic carbocycles. The van der Waals surface area contributed by atoms with Crippen LogP contribution in [0.15, 0.2) is 34.8 Å². The molecule has 0 bridgehead atoms. The van der Waals surface area contributed by atoms with Crippen molar-refractivity contribution in [3.8, 4) is 17.7 Å². The summed E-state index contributed by atoms with van der Waals surface area (Å²) >= 11 is 9.11. The predicted octanol–water partition coefficient (Wildman–Crippen LogP) is 5.18. The van der Waals surface area contributed by atoms with Gasteiger partial charge in [-0.2, -0.15) is 18.4 Å². The highest BCUT2D eigenvalue weighted by Gasteiger charge is 2.33. The SMILES string of the molecule is N#Cc1ccc(C(F)(F)F)nc1Oc1ccc(Br)cc1Cl. The van der Waals surface area contributed by atoms with Crippen LogP contribution in [-0.4, -0.2) is 4.98 Å². The Labute approximate surface area is 131 Å². The molecule has 2 aromatic rings. The van der Waals surface area contributed by atoms with Crippen molar-refractivity contribution in [1.29, 1.82) is 5.26 Å². The molecule has 0 aliphatic rings. The summed E-state index contributed by atoms with van der Waals surface area (Å²) in [6, 6.07) is 8.00. The summed E-state index contributed by atoms with van der Waals surface area (Å²) in [5.41, 5.74) is -1.27. The first-order chi connectivity index (χ1) is 9.81. The number of hydrogen-bond acceptors (Lipinski definition) is 3. The summed E-state index contributed by atoms with van der Waals surface area (Å²) < 4.78 is 43.8. The lowest BCUT2D eigenvalue weighted by atomic mass is 10.2. The lowest BCUT2D eigenvalue weighted by Gasteiger charge is -2.11. The normalized spacial score (nSPS) is 11.0. The summed E-state index contributed by atoms with van der Waals surface area (Å²) in [7, 11) is 0. The maximum atomic E-state index is 12.6. The zero-order valence-electron chi connectivity index (χ0n) is 10.1. The number of nitrogens with zero attached hydrogens (tertiary/aromatic N) is 2. The average molecular weight is 378 g/mol. The van der Waals surface area contributed by atoms with Gasteiger partial charge in [0.25, 0.3) is 0 Å². The van der Waals surface area contributed by atoms with E-state index in [1.165, 1.54) is 12.1 Å². The van der Waals surface area contributed by atoms with E-state index in [4.69, 9.17) is 21.6 Å². The summed E-state index contributed by atoms with van der Waals surface area (Å²) in [5.74, 6) is -0.347. The van der Waals surface area contributed by atoms with Crippen LogP contribution < -0.4 is 4.74 Å². The number of benzene rings is 1. The Hall–Kier alpha value is -1.78. The molecule has 21 heavy (non-hydrogen) atoms. The molecule has 0 unspecified atom stereocenters. The molecular weight excluding hydrogens is 373 g/mol. The van der Waals surface area contributed by atoms with Gasteiger partial charge in [-0.05, 0) is 30.3 Å². The van der Waals surface area contributed by atoms with Crippen molar-refractivity contribution in [3.05, 3.63) is 51.1 Å². The van der Waals surface area contributed by atoms with Gasteiger partial charge < -0.3 is 4.74 Å². The van der Waals surface area contributed by atoms with Crippen LogP contribution in [0.4, 0.5) is 13.2 Å². The van der Waals surface area contributed by atoms with E-state index < -0.39 is 17.8 Å². The molecule has 3 nitrogen and oxygen atoms in total. The van der Waals surface area contributed by atoms with Crippen LogP contribution in [-0.2, 0) is 6.18 Å². The van der Waals surface area contributed by atoms with Gasteiger partial charge in [0.15, 0.2) is 0 Å². The third kappa shape index (κ3) is 3.65. The fourth-order valence-electron chi connectivity index (χ4n) is 1.42. The maximum Gasteiger partial charge on any atom is 0.433 e. The second-order valence-electron chi connectivity index (χ2n) is 3.84. The first-order valence-electron chi connectivity index (χ1n) is 5.42. The standard InChI is InChI=1S/C13H5BrClF3N2O/c14-8-2-3-10(9(15)5-8)21-12-7(6-19)1-4-11(20-12)13(16,17)18/h1-5H. The van der Waals surface area contributed by atoms with E-state index in [1.807, 2.05) is 0 Å². The highest BCUT2D eigenvalue weighted by molar-refractivity contribution is 9.10. The fourth-order valence-corrected chi connectivity index (χ4v) is 2.14. The van der Waals surface area contributed by atoms with Gasteiger partial charge in [-0.3, -0.25) is 0 Å². The van der Waals surface area contributed by atoms with Gasteiger partial charge in [-0.15, -0.1) is 0 Å². The number of aromatic nitrogens is 1. The zero-order chi connectivity index (χ0) is 15.6. The van der Waals surface area contributed by atoms with E-state index in [2.05, 4.69) is 20.9 Å². The molecule has 0 saturated carbocycles. The second-order valence-corrected chi connectivity index (χ2v) is 5.16. The zero-order valence-corrected chi connectivity index (χ0v) is 12.4. The molecule has 0 atom stereocenters. The van der Waals surface area contributed by atoms with E-state index in [0.29, 0.717) is 10.5 Å². The molecule has 0 amide bonds. The predicted molar refractivity (Wildman–Crippen MR) is 73.2 cm³/mol. The van der Waals surface area contributed by atoms with Crippen molar-refractivity contribution >= 4 is 27.5 Å². The molecule has 0 N–H and O–H groups in total. The third-order valence-electron chi connectivity index (χ3n) is 2.37. The fraction of sp³-hybridized carbons (Fsp3) is 0.0769. The molecular formula is C13H5BrClF3N2O. The Morgan fingerprint density at radius 3 is 2.52 bits per heavy atom. The molecule has 8 heteroatoms. The Balaban J connectivity index is 2.45. The Morgan fingerprint density at radius 2 is 1.95 bits per heavy atom. The topological polar surface area (TPSA) is 45.9 Å². The minimum Gasteiger partial charge on any atom is -0.436 e. The molecule has 0 spiro atoms. The molecule has 108 valence electrons. The molecule has 1 aromatic carbocycles. The van der Waals surface area contributed by atoms with Crippen LogP contribution in [0.2, 0.25) is 5.02 Å². The van der Waals surface area contributed by atoms with E-state index in [-0.39, 0.29) is 16.3 Å². The van der Waals surface area contributed by atoms with Gasteiger partial charge in [-0.1, -0.05) is 27.5 Å². The van der Waals surface area contributed by atoms with Gasteiger partial charge in [0.05, 0.1) is 5.02 Å². The van der Waals surface area contributed by atoms with Crippen molar-refractivity contribution in [2.45, 2.75) is 6.18 Å². The van der Waals surface area contributed by atoms with Crippen LogP contribution in [0.1, 0.15) is 11.3 Å². The van der Waals surface area contributed by atoms with Crippen molar-refractivity contribution in [3.63, 3.8) is 0 Å². The van der Waals surface area contributed by atoms with Crippen molar-refractivity contribution in [2.75, 3.05) is 0 Å². The quantitative estimate of drug-likeness (QED) is 0.724. The second kappa shape index (κ2) is 5.92. The lowest BCUT2D eigenvalue weighted by molar-refractivity contribution is -0.141. The van der Waals surface area contributed by atoms with E-state index in [1.54, 1.807) is 12.1 Å². The molecule has 1 aromatic heterocycles. The molecule has 2 rings (SSSR count). The van der Waals surface area contributed by atoms with Crippen LogP contribution >= 0.6 is 27.5 Å². The number of rotatable bonds is 2. The Bertz CT molecular complexity index is 728. The number of halogens is 5. The van der Waals surface area contributed by atoms with Gasteiger partial charge in [0.2, 0.25) is 5.88 Å². The van der Waals surface area contributed by atoms with Gasteiger partial charge >= 0.3 is 6.18 Å². The smallest absolute Gasteiger partial charge is 0.433 e.